The molecule has 76 valence electrons. The van der Waals surface area contributed by atoms with Crippen molar-refractivity contribution in [3.05, 3.63) is 10.4 Å². The van der Waals surface area contributed by atoms with Crippen LogP contribution >= 0.6 is 0 Å². The van der Waals surface area contributed by atoms with E-state index >= 15 is 0 Å². The van der Waals surface area contributed by atoms with Crippen LogP contribution in [0.15, 0.2) is 5.11 Å². The molecule has 0 aromatic carbocycles. The molecule has 4 heteroatoms. The van der Waals surface area contributed by atoms with Crippen molar-refractivity contribution in [2.45, 2.75) is 45.2 Å². The van der Waals surface area contributed by atoms with Crippen molar-refractivity contribution in [2.75, 3.05) is 14.1 Å². The second-order valence-corrected chi connectivity index (χ2v) is 3.50. The summed E-state index contributed by atoms with van der Waals surface area (Å²) in [5, 5.41) is 3.73. The van der Waals surface area contributed by atoms with Gasteiger partial charge in [-0.05, 0) is 26.0 Å². The van der Waals surface area contributed by atoms with Gasteiger partial charge in [-0.3, -0.25) is 0 Å². The highest BCUT2D eigenvalue weighted by atomic mass is 15.3. The number of hydrogen-bond acceptors (Lipinski definition) is 2. The first kappa shape index (κ1) is 12.3. The number of azide groups is 1. The molecule has 1 unspecified atom stereocenters. The number of unbranched alkanes of at least 4 members (excludes halogenated alkanes) is 3. The van der Waals surface area contributed by atoms with Crippen molar-refractivity contribution >= 4 is 0 Å². The van der Waals surface area contributed by atoms with Crippen LogP contribution in [0, 0.1) is 0 Å². The van der Waals surface area contributed by atoms with Crippen molar-refractivity contribution in [2.24, 2.45) is 5.11 Å². The van der Waals surface area contributed by atoms with Crippen LogP contribution in [0.4, 0.5) is 0 Å². The highest BCUT2D eigenvalue weighted by Gasteiger charge is 2.07. The number of nitrogens with zero attached hydrogens (tertiary/aromatic N) is 4. The molecule has 0 aliphatic carbocycles. The molecule has 0 aromatic rings. The molecule has 0 bridgehead atoms. The van der Waals surface area contributed by atoms with Crippen LogP contribution in [-0.2, 0) is 0 Å². The minimum atomic E-state index is 0.0295. The maximum atomic E-state index is 8.32. The Morgan fingerprint density at radius 1 is 1.31 bits per heavy atom. The van der Waals surface area contributed by atoms with Crippen molar-refractivity contribution < 1.29 is 0 Å². The third-order valence-corrected chi connectivity index (χ3v) is 2.10. The van der Waals surface area contributed by atoms with E-state index < -0.39 is 0 Å². The lowest BCUT2D eigenvalue weighted by Crippen LogP contribution is -2.25. The Bertz CT molecular complexity index is 161. The molecule has 0 aliphatic heterocycles. The Morgan fingerprint density at radius 3 is 2.46 bits per heavy atom. The first-order valence-electron chi connectivity index (χ1n) is 4.93. The molecule has 0 saturated carbocycles. The van der Waals surface area contributed by atoms with Gasteiger partial charge < -0.3 is 4.90 Å². The lowest BCUT2D eigenvalue weighted by Gasteiger charge is -2.18. The zero-order valence-corrected chi connectivity index (χ0v) is 8.90. The predicted molar refractivity (Wildman–Crippen MR) is 55.4 cm³/mol. The first-order valence-corrected chi connectivity index (χ1v) is 4.93. The Morgan fingerprint density at radius 2 is 2.00 bits per heavy atom. The van der Waals surface area contributed by atoms with Gasteiger partial charge in [-0.2, -0.15) is 0 Å². The zero-order chi connectivity index (χ0) is 10.1. The van der Waals surface area contributed by atoms with Crippen LogP contribution in [0.3, 0.4) is 0 Å². The van der Waals surface area contributed by atoms with Crippen LogP contribution in [0.1, 0.15) is 39.0 Å². The van der Waals surface area contributed by atoms with Crippen molar-refractivity contribution in [1.82, 2.24) is 4.90 Å². The molecule has 0 spiro atoms. The van der Waals surface area contributed by atoms with Gasteiger partial charge in [0.2, 0.25) is 0 Å². The van der Waals surface area contributed by atoms with E-state index in [0.29, 0.717) is 0 Å². The van der Waals surface area contributed by atoms with Crippen LogP contribution in [-0.4, -0.2) is 25.2 Å². The molecule has 0 N–H and O–H groups in total. The standard InChI is InChI=1S/C9H20N4/c1-4-5-6-7-8-9(11-12-10)13(2)3/h9H,4-8H2,1-3H3. The Kier molecular flexibility index (Phi) is 7.45. The molecule has 13 heavy (non-hydrogen) atoms. The monoisotopic (exact) mass is 184 g/mol. The van der Waals surface area contributed by atoms with E-state index in [1.54, 1.807) is 0 Å². The van der Waals surface area contributed by atoms with Gasteiger partial charge in [0.05, 0.1) is 6.17 Å². The maximum absolute atomic E-state index is 8.32. The predicted octanol–water partition coefficient (Wildman–Crippen LogP) is 3.15. The zero-order valence-electron chi connectivity index (χ0n) is 8.90. The fourth-order valence-corrected chi connectivity index (χ4v) is 1.23. The average molecular weight is 184 g/mol. The van der Waals surface area contributed by atoms with E-state index in [4.69, 9.17) is 5.53 Å². The summed E-state index contributed by atoms with van der Waals surface area (Å²) in [6.45, 7) is 2.19. The van der Waals surface area contributed by atoms with E-state index in [2.05, 4.69) is 16.9 Å². The third kappa shape index (κ3) is 6.43. The summed E-state index contributed by atoms with van der Waals surface area (Å²) >= 11 is 0. The molecular formula is C9H20N4. The van der Waals surface area contributed by atoms with Crippen LogP contribution < -0.4 is 0 Å². The van der Waals surface area contributed by atoms with E-state index in [-0.39, 0.29) is 6.17 Å². The topological polar surface area (TPSA) is 52.0 Å². The fourth-order valence-electron chi connectivity index (χ4n) is 1.23. The Hall–Kier alpha value is -0.730. The van der Waals surface area contributed by atoms with Gasteiger partial charge in [0.15, 0.2) is 0 Å². The SMILES string of the molecule is CCCCCCC(N=[N+]=[N-])N(C)C. The molecule has 0 rings (SSSR count). The average Bonchev–Trinajstić information content (AvgIpc) is 2.10. The van der Waals surface area contributed by atoms with E-state index in [1.807, 2.05) is 19.0 Å². The lowest BCUT2D eigenvalue weighted by atomic mass is 10.1. The largest absolute Gasteiger partial charge is 0.301 e. The highest BCUT2D eigenvalue weighted by molar-refractivity contribution is 4.63. The minimum Gasteiger partial charge on any atom is -0.301 e. The molecule has 0 aliphatic rings. The van der Waals surface area contributed by atoms with Gasteiger partial charge in [-0.15, -0.1) is 0 Å². The summed E-state index contributed by atoms with van der Waals surface area (Å²) in [4.78, 5) is 4.80. The molecule has 4 nitrogen and oxygen atoms in total. The second kappa shape index (κ2) is 7.90. The highest BCUT2D eigenvalue weighted by Crippen LogP contribution is 2.09. The molecule has 0 amide bonds. The molecule has 1 atom stereocenters. The summed E-state index contributed by atoms with van der Waals surface area (Å²) in [5.41, 5.74) is 8.32. The maximum Gasteiger partial charge on any atom is 0.0881 e. The Balaban J connectivity index is 3.63. The molecular weight excluding hydrogens is 164 g/mol. The quantitative estimate of drug-likeness (QED) is 0.259. The van der Waals surface area contributed by atoms with Gasteiger partial charge in [-0.25, -0.2) is 0 Å². The van der Waals surface area contributed by atoms with Gasteiger partial charge >= 0.3 is 0 Å². The summed E-state index contributed by atoms with van der Waals surface area (Å²) in [6, 6.07) is 0. The minimum absolute atomic E-state index is 0.0295. The van der Waals surface area contributed by atoms with Gasteiger partial charge in [0.1, 0.15) is 0 Å². The van der Waals surface area contributed by atoms with Crippen LogP contribution in [0.2, 0.25) is 0 Å². The normalized spacial score (nSPS) is 12.6. The van der Waals surface area contributed by atoms with Gasteiger partial charge in [-0.1, -0.05) is 37.7 Å². The summed E-state index contributed by atoms with van der Waals surface area (Å²) in [5.74, 6) is 0. The van der Waals surface area contributed by atoms with Gasteiger partial charge in [0, 0.05) is 4.91 Å². The van der Waals surface area contributed by atoms with Crippen molar-refractivity contribution in [3.8, 4) is 0 Å². The van der Waals surface area contributed by atoms with Crippen LogP contribution in [0.25, 0.3) is 10.4 Å². The molecule has 0 radical (unpaired) electrons. The number of rotatable bonds is 7. The van der Waals surface area contributed by atoms with E-state index in [0.717, 1.165) is 12.8 Å². The van der Waals surface area contributed by atoms with Crippen molar-refractivity contribution in [1.29, 1.82) is 0 Å². The van der Waals surface area contributed by atoms with Crippen LogP contribution in [0.5, 0.6) is 0 Å². The summed E-state index contributed by atoms with van der Waals surface area (Å²) in [6.07, 6.45) is 5.90. The third-order valence-electron chi connectivity index (χ3n) is 2.10. The van der Waals surface area contributed by atoms with Gasteiger partial charge in [0.25, 0.3) is 0 Å². The second-order valence-electron chi connectivity index (χ2n) is 3.50. The molecule has 0 saturated heterocycles. The van der Waals surface area contributed by atoms with E-state index in [1.165, 1.54) is 19.3 Å². The molecule has 0 fully saturated rings. The van der Waals surface area contributed by atoms with E-state index in [9.17, 15) is 0 Å². The molecule has 0 heterocycles. The Labute approximate surface area is 80.6 Å². The first-order chi connectivity index (χ1) is 6.22. The number of hydrogen-bond donors (Lipinski definition) is 0. The summed E-state index contributed by atoms with van der Waals surface area (Å²) < 4.78 is 0. The smallest absolute Gasteiger partial charge is 0.0881 e. The lowest BCUT2D eigenvalue weighted by molar-refractivity contribution is 0.278. The fraction of sp³-hybridized carbons (Fsp3) is 1.00. The van der Waals surface area contributed by atoms with Crippen molar-refractivity contribution in [3.63, 3.8) is 0 Å². The molecule has 0 aromatic heterocycles. The summed E-state index contributed by atoms with van der Waals surface area (Å²) in [7, 11) is 3.89.